The Kier molecular flexibility index (Phi) is 5.32. The van der Waals surface area contributed by atoms with E-state index in [1.807, 2.05) is 0 Å². The standard InChI is InChI=1S/C43H26N4/c44-27-33-39(45-34-18-6-1-13-28(34)29-14-2-7-19-35(29)45)23-11-24-40(33)47-38-22-10-5-17-32(38)43-41(25-12-26-42(43)47)46-36-20-8-3-15-30(36)31-16-4-9-21-37(31)46/h1-26H. The summed E-state index contributed by atoms with van der Waals surface area (Å²) < 4.78 is 6.91. The Morgan fingerprint density at radius 1 is 0.319 bits per heavy atom. The predicted molar refractivity (Wildman–Crippen MR) is 194 cm³/mol. The zero-order chi connectivity index (χ0) is 31.1. The molecule has 3 heterocycles. The first-order valence-corrected chi connectivity index (χ1v) is 15.9. The van der Waals surface area contributed by atoms with Crippen LogP contribution < -0.4 is 0 Å². The molecule has 4 nitrogen and oxygen atoms in total. The molecule has 0 unspecified atom stereocenters. The molecular formula is C43H26N4. The summed E-state index contributed by atoms with van der Waals surface area (Å²) in [6, 6.07) is 58.1. The van der Waals surface area contributed by atoms with Gasteiger partial charge in [-0.05, 0) is 54.6 Å². The van der Waals surface area contributed by atoms with Gasteiger partial charge >= 0.3 is 0 Å². The maximum Gasteiger partial charge on any atom is 0.104 e. The molecule has 218 valence electrons. The molecule has 0 atom stereocenters. The van der Waals surface area contributed by atoms with Crippen LogP contribution in [0, 0.1) is 11.3 Å². The lowest BCUT2D eigenvalue weighted by molar-refractivity contribution is 1.12. The molecule has 10 rings (SSSR count). The van der Waals surface area contributed by atoms with E-state index in [2.05, 4.69) is 177 Å². The number of hydrogen-bond donors (Lipinski definition) is 0. The van der Waals surface area contributed by atoms with Crippen LogP contribution in [0.5, 0.6) is 0 Å². The van der Waals surface area contributed by atoms with Gasteiger partial charge in [-0.15, -0.1) is 0 Å². The van der Waals surface area contributed by atoms with E-state index < -0.39 is 0 Å². The maximum absolute atomic E-state index is 10.9. The molecule has 0 radical (unpaired) electrons. The third-order valence-electron chi connectivity index (χ3n) is 9.69. The highest BCUT2D eigenvalue weighted by Gasteiger charge is 2.22. The largest absolute Gasteiger partial charge is 0.309 e. The summed E-state index contributed by atoms with van der Waals surface area (Å²) in [5, 5.41) is 18.0. The molecule has 0 bridgehead atoms. The summed E-state index contributed by atoms with van der Waals surface area (Å²) in [7, 11) is 0. The minimum atomic E-state index is 0.629. The Morgan fingerprint density at radius 3 is 1.11 bits per heavy atom. The van der Waals surface area contributed by atoms with E-state index in [1.54, 1.807) is 0 Å². The van der Waals surface area contributed by atoms with Crippen LogP contribution in [-0.4, -0.2) is 13.7 Å². The Morgan fingerprint density at radius 2 is 0.638 bits per heavy atom. The third-order valence-corrected chi connectivity index (χ3v) is 9.69. The first-order chi connectivity index (χ1) is 23.3. The fourth-order valence-electron chi connectivity index (χ4n) is 7.83. The molecule has 0 spiro atoms. The molecule has 0 N–H and O–H groups in total. The van der Waals surface area contributed by atoms with E-state index in [0.29, 0.717) is 5.56 Å². The van der Waals surface area contributed by atoms with E-state index in [1.165, 1.54) is 32.6 Å². The number of benzene rings is 7. The summed E-state index contributed by atoms with van der Waals surface area (Å²) >= 11 is 0. The van der Waals surface area contributed by atoms with Crippen molar-refractivity contribution in [1.82, 2.24) is 13.7 Å². The molecule has 0 aliphatic heterocycles. The number of nitriles is 1. The summed E-state index contributed by atoms with van der Waals surface area (Å²) in [5.41, 5.74) is 10.1. The molecule has 0 saturated carbocycles. The molecule has 0 aliphatic carbocycles. The van der Waals surface area contributed by atoms with Crippen LogP contribution in [0.4, 0.5) is 0 Å². The van der Waals surface area contributed by atoms with Gasteiger partial charge in [-0.2, -0.15) is 5.26 Å². The minimum Gasteiger partial charge on any atom is -0.309 e. The van der Waals surface area contributed by atoms with Crippen molar-refractivity contribution in [2.45, 2.75) is 0 Å². The molecule has 47 heavy (non-hydrogen) atoms. The van der Waals surface area contributed by atoms with Crippen LogP contribution in [0.2, 0.25) is 0 Å². The van der Waals surface area contributed by atoms with Gasteiger partial charge in [0.15, 0.2) is 0 Å². The first kappa shape index (κ1) is 25.7. The molecule has 10 aromatic rings. The van der Waals surface area contributed by atoms with Crippen molar-refractivity contribution in [3.63, 3.8) is 0 Å². The highest BCUT2D eigenvalue weighted by Crippen LogP contribution is 2.41. The quantitative estimate of drug-likeness (QED) is 0.199. The lowest BCUT2D eigenvalue weighted by atomic mass is 10.1. The van der Waals surface area contributed by atoms with Gasteiger partial charge in [0.25, 0.3) is 0 Å². The zero-order valence-electron chi connectivity index (χ0n) is 25.3. The summed E-state index contributed by atoms with van der Waals surface area (Å²) in [6.45, 7) is 0. The minimum absolute atomic E-state index is 0.629. The summed E-state index contributed by atoms with van der Waals surface area (Å²) in [4.78, 5) is 0. The smallest absolute Gasteiger partial charge is 0.104 e. The van der Waals surface area contributed by atoms with E-state index in [4.69, 9.17) is 0 Å². The van der Waals surface area contributed by atoms with E-state index >= 15 is 0 Å². The molecule has 0 amide bonds. The Bertz CT molecular complexity index is 2820. The topological polar surface area (TPSA) is 38.6 Å². The lowest BCUT2D eigenvalue weighted by Crippen LogP contribution is -2.04. The average molecular weight is 599 g/mol. The number of hydrogen-bond acceptors (Lipinski definition) is 1. The molecule has 0 fully saturated rings. The second-order valence-corrected chi connectivity index (χ2v) is 12.0. The lowest BCUT2D eigenvalue weighted by Gasteiger charge is -2.16. The second-order valence-electron chi connectivity index (χ2n) is 12.0. The number of nitrogens with zero attached hydrogens (tertiary/aromatic N) is 4. The number of rotatable bonds is 3. The maximum atomic E-state index is 10.9. The second kappa shape index (κ2) is 9.71. The van der Waals surface area contributed by atoms with Crippen LogP contribution in [0.15, 0.2) is 158 Å². The Labute approximate surface area is 270 Å². The fraction of sp³-hybridized carbons (Fsp3) is 0. The number of fused-ring (bicyclic) bond motifs is 9. The van der Waals surface area contributed by atoms with Crippen molar-refractivity contribution in [3.8, 4) is 23.1 Å². The van der Waals surface area contributed by atoms with Crippen LogP contribution >= 0.6 is 0 Å². The van der Waals surface area contributed by atoms with Crippen molar-refractivity contribution in [1.29, 1.82) is 5.26 Å². The number of aromatic nitrogens is 3. The van der Waals surface area contributed by atoms with Crippen molar-refractivity contribution < 1.29 is 0 Å². The molecule has 3 aromatic heterocycles. The van der Waals surface area contributed by atoms with Gasteiger partial charge in [-0.1, -0.05) is 103 Å². The molecule has 7 aromatic carbocycles. The van der Waals surface area contributed by atoms with Crippen molar-refractivity contribution in [3.05, 3.63) is 163 Å². The highest BCUT2D eigenvalue weighted by atomic mass is 15.0. The monoisotopic (exact) mass is 598 g/mol. The Balaban J connectivity index is 1.32. The highest BCUT2D eigenvalue weighted by molar-refractivity contribution is 6.16. The van der Waals surface area contributed by atoms with Gasteiger partial charge in [0, 0.05) is 32.3 Å². The molecule has 4 heteroatoms. The predicted octanol–water partition coefficient (Wildman–Crippen LogP) is 10.8. The zero-order valence-corrected chi connectivity index (χ0v) is 25.3. The van der Waals surface area contributed by atoms with E-state index in [0.717, 1.165) is 49.9 Å². The summed E-state index contributed by atoms with van der Waals surface area (Å²) in [5.74, 6) is 0. The van der Waals surface area contributed by atoms with Gasteiger partial charge in [-0.3, -0.25) is 0 Å². The number of para-hydroxylation sites is 5. The van der Waals surface area contributed by atoms with E-state index in [9.17, 15) is 5.26 Å². The van der Waals surface area contributed by atoms with Crippen LogP contribution in [-0.2, 0) is 0 Å². The van der Waals surface area contributed by atoms with Crippen molar-refractivity contribution in [2.24, 2.45) is 0 Å². The van der Waals surface area contributed by atoms with Crippen LogP contribution in [0.1, 0.15) is 5.56 Å². The molecule has 0 aliphatic rings. The Hall–Kier alpha value is -6.57. The van der Waals surface area contributed by atoms with Crippen molar-refractivity contribution in [2.75, 3.05) is 0 Å². The molecule has 0 saturated heterocycles. The van der Waals surface area contributed by atoms with Crippen molar-refractivity contribution >= 4 is 65.4 Å². The van der Waals surface area contributed by atoms with Gasteiger partial charge in [0.1, 0.15) is 11.6 Å². The normalized spacial score (nSPS) is 11.8. The average Bonchev–Trinajstić information content (AvgIpc) is 3.77. The van der Waals surface area contributed by atoms with Gasteiger partial charge < -0.3 is 13.7 Å². The molecular weight excluding hydrogens is 573 g/mol. The van der Waals surface area contributed by atoms with Crippen LogP contribution in [0.25, 0.3) is 82.5 Å². The van der Waals surface area contributed by atoms with Crippen LogP contribution in [0.3, 0.4) is 0 Å². The third kappa shape index (κ3) is 3.46. The van der Waals surface area contributed by atoms with E-state index in [-0.39, 0.29) is 0 Å². The van der Waals surface area contributed by atoms with Gasteiger partial charge in [0.2, 0.25) is 0 Å². The summed E-state index contributed by atoms with van der Waals surface area (Å²) in [6.07, 6.45) is 0. The SMILES string of the molecule is N#Cc1c(-n2c3ccccc3c3ccccc32)cccc1-n1c2ccccc2c2c(-n3c4ccccc4c4ccccc43)cccc21. The fourth-order valence-corrected chi connectivity index (χ4v) is 7.83. The first-order valence-electron chi connectivity index (χ1n) is 15.9. The van der Waals surface area contributed by atoms with Gasteiger partial charge in [0.05, 0.1) is 50.2 Å². The van der Waals surface area contributed by atoms with Gasteiger partial charge in [-0.25, -0.2) is 0 Å².